The SMILES string of the molecule is Cc1cccc(C)c1N1C=CN(c2c(C)cccc2C)P1C(C#N)CP(c1ccccc1)c1ccccc1. The molecule has 190 valence electrons. The van der Waals surface area contributed by atoms with Crippen LogP contribution < -0.4 is 19.9 Å². The van der Waals surface area contributed by atoms with Crippen LogP contribution in [-0.2, 0) is 0 Å². The third-order valence-electron chi connectivity index (χ3n) is 7.05. The summed E-state index contributed by atoms with van der Waals surface area (Å²) in [7, 11) is -1.76. The molecule has 0 saturated heterocycles. The van der Waals surface area contributed by atoms with E-state index < -0.39 is 16.1 Å². The lowest BCUT2D eigenvalue weighted by Gasteiger charge is -2.38. The fraction of sp³-hybridized carbons (Fsp3) is 0.182. The molecule has 0 saturated carbocycles. The minimum Gasteiger partial charge on any atom is -0.306 e. The largest absolute Gasteiger partial charge is 0.306 e. The van der Waals surface area contributed by atoms with Gasteiger partial charge in [-0.15, -0.1) is 0 Å². The Balaban J connectivity index is 1.63. The van der Waals surface area contributed by atoms with E-state index in [-0.39, 0.29) is 5.66 Å². The molecular weight excluding hydrogens is 500 g/mol. The molecule has 0 N–H and O–H groups in total. The molecule has 1 unspecified atom stereocenters. The summed E-state index contributed by atoms with van der Waals surface area (Å²) in [6.45, 7) is 8.70. The first-order valence-electron chi connectivity index (χ1n) is 12.9. The zero-order valence-corrected chi connectivity index (χ0v) is 24.2. The van der Waals surface area contributed by atoms with Crippen LogP contribution in [0.5, 0.6) is 0 Å². The van der Waals surface area contributed by atoms with E-state index in [0.29, 0.717) is 0 Å². The Morgan fingerprint density at radius 3 is 1.39 bits per heavy atom. The second-order valence-corrected chi connectivity index (χ2v) is 14.1. The molecule has 0 radical (unpaired) electrons. The first-order chi connectivity index (χ1) is 18.5. The smallest absolute Gasteiger partial charge is 0.122 e. The number of nitriles is 1. The summed E-state index contributed by atoms with van der Waals surface area (Å²) in [5.41, 5.74) is 7.18. The van der Waals surface area contributed by atoms with Gasteiger partial charge in [-0.05, 0) is 74.6 Å². The van der Waals surface area contributed by atoms with Crippen LogP contribution in [0.2, 0.25) is 0 Å². The van der Waals surface area contributed by atoms with Gasteiger partial charge < -0.3 is 9.34 Å². The van der Waals surface area contributed by atoms with Gasteiger partial charge in [0, 0.05) is 12.4 Å². The maximum atomic E-state index is 10.8. The number of aryl methyl sites for hydroxylation is 4. The van der Waals surface area contributed by atoms with E-state index in [1.54, 1.807) is 0 Å². The number of nitrogens with zero attached hydrogens (tertiary/aromatic N) is 3. The molecule has 4 aromatic rings. The predicted molar refractivity (Wildman–Crippen MR) is 166 cm³/mol. The number of hydrogen-bond donors (Lipinski definition) is 0. The molecule has 0 fully saturated rings. The van der Waals surface area contributed by atoms with Gasteiger partial charge in [-0.3, -0.25) is 0 Å². The van der Waals surface area contributed by atoms with Crippen molar-refractivity contribution in [2.24, 2.45) is 0 Å². The fourth-order valence-corrected chi connectivity index (χ4v) is 10.9. The highest BCUT2D eigenvalue weighted by molar-refractivity contribution is 7.74. The van der Waals surface area contributed by atoms with Gasteiger partial charge in [0.25, 0.3) is 0 Å². The van der Waals surface area contributed by atoms with Gasteiger partial charge in [-0.25, -0.2) is 0 Å². The van der Waals surface area contributed by atoms with E-state index in [2.05, 4.69) is 153 Å². The molecule has 0 bridgehead atoms. The summed E-state index contributed by atoms with van der Waals surface area (Å²) in [6, 6.07) is 37.2. The standard InChI is InChI=1S/C33H33N3P2/c1-25-13-11-14-26(2)32(25)35-21-22-36(33-27(3)15-12-16-28(33)4)38(35)31(23-34)24-37(29-17-7-5-8-18-29)30-19-9-6-10-20-30/h5-22,31H,24H2,1-4H3. The second kappa shape index (κ2) is 11.5. The average molecular weight is 534 g/mol. The number of anilines is 2. The number of para-hydroxylation sites is 2. The molecule has 1 aliphatic rings. The van der Waals surface area contributed by atoms with Gasteiger partial charge in [-0.2, -0.15) is 5.26 Å². The van der Waals surface area contributed by atoms with E-state index in [1.165, 1.54) is 44.2 Å². The third-order valence-corrected chi connectivity index (χ3v) is 12.3. The molecule has 4 aromatic carbocycles. The highest BCUT2D eigenvalue weighted by Gasteiger charge is 2.39. The summed E-state index contributed by atoms with van der Waals surface area (Å²) in [4.78, 5) is 0. The Labute approximate surface area is 229 Å². The Morgan fingerprint density at radius 2 is 1.03 bits per heavy atom. The van der Waals surface area contributed by atoms with Gasteiger partial charge in [0.15, 0.2) is 0 Å². The third kappa shape index (κ3) is 5.13. The quantitative estimate of drug-likeness (QED) is 0.225. The lowest BCUT2D eigenvalue weighted by molar-refractivity contribution is 1.18. The van der Waals surface area contributed by atoms with Crippen molar-refractivity contribution in [2.75, 3.05) is 15.5 Å². The van der Waals surface area contributed by atoms with Crippen molar-refractivity contribution in [2.45, 2.75) is 33.4 Å². The molecule has 0 aliphatic carbocycles. The number of benzene rings is 4. The fourth-order valence-electron chi connectivity index (χ4n) is 5.27. The topological polar surface area (TPSA) is 30.3 Å². The van der Waals surface area contributed by atoms with Crippen LogP contribution in [0.15, 0.2) is 109 Å². The van der Waals surface area contributed by atoms with Gasteiger partial charge in [-0.1, -0.05) is 97.1 Å². The number of rotatable bonds is 7. The van der Waals surface area contributed by atoms with Crippen LogP contribution in [0.25, 0.3) is 0 Å². The van der Waals surface area contributed by atoms with Crippen molar-refractivity contribution >= 4 is 38.1 Å². The Hall–Kier alpha value is -3.43. The van der Waals surface area contributed by atoms with Crippen LogP contribution in [0.4, 0.5) is 11.4 Å². The molecule has 1 heterocycles. The number of hydrogen-bond acceptors (Lipinski definition) is 3. The molecule has 38 heavy (non-hydrogen) atoms. The van der Waals surface area contributed by atoms with Crippen molar-refractivity contribution in [1.29, 1.82) is 5.26 Å². The monoisotopic (exact) mass is 533 g/mol. The maximum absolute atomic E-state index is 10.8. The lowest BCUT2D eigenvalue weighted by Crippen LogP contribution is -2.28. The lowest BCUT2D eigenvalue weighted by atomic mass is 10.1. The summed E-state index contributed by atoms with van der Waals surface area (Å²) < 4.78 is 4.81. The molecule has 3 nitrogen and oxygen atoms in total. The van der Waals surface area contributed by atoms with Crippen molar-refractivity contribution < 1.29 is 0 Å². The first kappa shape index (κ1) is 26.2. The normalized spacial score (nSPS) is 14.2. The van der Waals surface area contributed by atoms with Crippen molar-refractivity contribution in [3.8, 4) is 6.07 Å². The first-order valence-corrected chi connectivity index (χ1v) is 15.8. The van der Waals surface area contributed by atoms with Crippen LogP contribution in [-0.4, -0.2) is 11.8 Å². The maximum Gasteiger partial charge on any atom is 0.122 e. The van der Waals surface area contributed by atoms with Gasteiger partial charge in [0.2, 0.25) is 0 Å². The Bertz CT molecular complexity index is 1340. The summed E-state index contributed by atoms with van der Waals surface area (Å²) in [5.74, 6) is 0. The molecule has 0 aromatic heterocycles. The molecule has 5 heteroatoms. The molecule has 1 atom stereocenters. The summed E-state index contributed by atoms with van der Waals surface area (Å²) in [5, 5.41) is 13.5. The van der Waals surface area contributed by atoms with Crippen molar-refractivity contribution in [3.63, 3.8) is 0 Å². The van der Waals surface area contributed by atoms with Crippen molar-refractivity contribution in [1.82, 2.24) is 0 Å². The second-order valence-electron chi connectivity index (χ2n) is 9.72. The Morgan fingerprint density at radius 1 is 0.632 bits per heavy atom. The average Bonchev–Trinajstić information content (AvgIpc) is 3.34. The molecular formula is C33H33N3P2. The van der Waals surface area contributed by atoms with E-state index >= 15 is 0 Å². The van der Waals surface area contributed by atoms with E-state index in [9.17, 15) is 5.26 Å². The Kier molecular flexibility index (Phi) is 7.95. The van der Waals surface area contributed by atoms with E-state index in [0.717, 1.165) is 6.16 Å². The summed E-state index contributed by atoms with van der Waals surface area (Å²) >= 11 is 0. The van der Waals surface area contributed by atoms with Crippen LogP contribution in [0.3, 0.4) is 0 Å². The van der Waals surface area contributed by atoms with Crippen LogP contribution in [0.1, 0.15) is 22.3 Å². The summed E-state index contributed by atoms with van der Waals surface area (Å²) in [6.07, 6.45) is 5.20. The predicted octanol–water partition coefficient (Wildman–Crippen LogP) is 8.06. The van der Waals surface area contributed by atoms with E-state index in [1.807, 2.05) is 0 Å². The van der Waals surface area contributed by atoms with Crippen molar-refractivity contribution in [3.05, 3.63) is 132 Å². The van der Waals surface area contributed by atoms with Gasteiger partial charge >= 0.3 is 0 Å². The van der Waals surface area contributed by atoms with Crippen LogP contribution >= 0.6 is 16.1 Å². The van der Waals surface area contributed by atoms with Gasteiger partial charge in [0.05, 0.1) is 17.4 Å². The molecule has 0 spiro atoms. The zero-order chi connectivity index (χ0) is 26.6. The van der Waals surface area contributed by atoms with Gasteiger partial charge in [0.1, 0.15) is 13.9 Å². The molecule has 5 rings (SSSR count). The highest BCUT2D eigenvalue weighted by Crippen LogP contribution is 2.60. The zero-order valence-electron chi connectivity index (χ0n) is 22.4. The van der Waals surface area contributed by atoms with E-state index in [4.69, 9.17) is 0 Å². The molecule has 1 aliphatic heterocycles. The highest BCUT2D eigenvalue weighted by atomic mass is 31.1. The molecule has 0 amide bonds. The van der Waals surface area contributed by atoms with Crippen LogP contribution in [0, 0.1) is 39.0 Å². The minimum atomic E-state index is -1.06. The minimum absolute atomic E-state index is 0.176.